The Hall–Kier alpha value is -2.27. The lowest BCUT2D eigenvalue weighted by Crippen LogP contribution is -2.47. The largest absolute Gasteiger partial charge is 0.488 e. The first-order valence-corrected chi connectivity index (χ1v) is 11.3. The van der Waals surface area contributed by atoms with E-state index in [0.717, 1.165) is 12.0 Å². The lowest BCUT2D eigenvalue weighted by molar-refractivity contribution is -0.143. The van der Waals surface area contributed by atoms with E-state index in [9.17, 15) is 34.8 Å². The topological polar surface area (TPSA) is 55.4 Å². The second kappa shape index (κ2) is 8.93. The molecule has 0 aliphatic heterocycles. The van der Waals surface area contributed by atoms with Crippen molar-refractivity contribution in [3.63, 3.8) is 0 Å². The van der Waals surface area contributed by atoms with Crippen molar-refractivity contribution in [3.8, 4) is 5.75 Å². The van der Waals surface area contributed by atoms with Gasteiger partial charge < -0.3 is 4.74 Å². The first kappa shape index (κ1) is 24.4. The Morgan fingerprint density at radius 1 is 0.906 bits per heavy atom. The van der Waals surface area contributed by atoms with Crippen molar-refractivity contribution < 1.29 is 39.5 Å². The smallest absolute Gasteiger partial charge is 0.416 e. The molecule has 0 saturated heterocycles. The molecule has 3 rings (SSSR count). The zero-order valence-electron chi connectivity index (χ0n) is 16.9. The van der Waals surface area contributed by atoms with E-state index in [1.165, 1.54) is 0 Å². The van der Waals surface area contributed by atoms with Crippen LogP contribution in [0.5, 0.6) is 5.75 Å². The summed E-state index contributed by atoms with van der Waals surface area (Å²) in [6.07, 6.45) is -8.71. The summed E-state index contributed by atoms with van der Waals surface area (Å²) in [5.41, 5.74) is -2.57. The van der Waals surface area contributed by atoms with E-state index in [2.05, 4.69) is 4.72 Å². The van der Waals surface area contributed by atoms with Gasteiger partial charge >= 0.3 is 12.4 Å². The highest BCUT2D eigenvalue weighted by Crippen LogP contribution is 2.37. The van der Waals surface area contributed by atoms with Gasteiger partial charge in [-0.3, -0.25) is 0 Å². The second-order valence-corrected chi connectivity index (χ2v) is 9.39. The maximum Gasteiger partial charge on any atom is 0.416 e. The lowest BCUT2D eigenvalue weighted by Gasteiger charge is -2.32. The van der Waals surface area contributed by atoms with Gasteiger partial charge in [0.1, 0.15) is 11.9 Å². The van der Waals surface area contributed by atoms with E-state index in [1.807, 2.05) is 0 Å². The average Bonchev–Trinajstić information content (AvgIpc) is 2.69. The summed E-state index contributed by atoms with van der Waals surface area (Å²) >= 11 is 0. The number of sulfonamides is 1. The van der Waals surface area contributed by atoms with Crippen LogP contribution in [0.1, 0.15) is 42.4 Å². The Kier molecular flexibility index (Phi) is 6.80. The van der Waals surface area contributed by atoms with Crippen LogP contribution in [-0.2, 0) is 22.4 Å². The fourth-order valence-corrected chi connectivity index (χ4v) is 4.94. The van der Waals surface area contributed by atoms with Gasteiger partial charge in [0.15, 0.2) is 0 Å². The molecule has 176 valence electrons. The molecule has 32 heavy (non-hydrogen) atoms. The predicted octanol–water partition coefficient (Wildman–Crippen LogP) is 5.70. The molecule has 2 aromatic carbocycles. The number of aryl methyl sites for hydroxylation is 1. The van der Waals surface area contributed by atoms with E-state index >= 15 is 0 Å². The molecule has 1 saturated carbocycles. The third-order valence-electron chi connectivity index (χ3n) is 5.25. The highest BCUT2D eigenvalue weighted by molar-refractivity contribution is 7.89. The number of benzene rings is 2. The summed E-state index contributed by atoms with van der Waals surface area (Å²) < 4.78 is 113. The van der Waals surface area contributed by atoms with E-state index in [-0.39, 0.29) is 18.2 Å². The first-order valence-electron chi connectivity index (χ1n) is 9.81. The zero-order chi connectivity index (χ0) is 23.7. The summed E-state index contributed by atoms with van der Waals surface area (Å²) in [4.78, 5) is -1.10. The molecular weight excluding hydrogens is 460 g/mol. The Bertz CT molecular complexity index is 1030. The molecule has 0 radical (unpaired) electrons. The SMILES string of the molecule is Cc1ccccc1OC1CCCCC1NS(=O)(=O)c1cc(C(F)(F)F)cc(C(F)(F)F)c1. The fourth-order valence-electron chi connectivity index (χ4n) is 3.57. The lowest BCUT2D eigenvalue weighted by atomic mass is 9.93. The summed E-state index contributed by atoms with van der Waals surface area (Å²) in [5.74, 6) is 0.530. The van der Waals surface area contributed by atoms with Crippen LogP contribution < -0.4 is 9.46 Å². The van der Waals surface area contributed by atoms with Crippen LogP contribution in [0, 0.1) is 6.92 Å². The number of halogens is 6. The number of hydrogen-bond acceptors (Lipinski definition) is 3. The minimum Gasteiger partial charge on any atom is -0.488 e. The van der Waals surface area contributed by atoms with Gasteiger partial charge in [0.2, 0.25) is 10.0 Å². The number of nitrogens with one attached hydrogen (secondary N) is 1. The molecule has 1 fully saturated rings. The number of alkyl halides is 6. The predicted molar refractivity (Wildman–Crippen MR) is 105 cm³/mol. The molecule has 4 nitrogen and oxygen atoms in total. The highest BCUT2D eigenvalue weighted by atomic mass is 32.2. The molecule has 2 atom stereocenters. The molecule has 1 N–H and O–H groups in total. The molecule has 1 aliphatic carbocycles. The van der Waals surface area contributed by atoms with Crippen molar-refractivity contribution in [1.29, 1.82) is 0 Å². The van der Waals surface area contributed by atoms with Crippen LogP contribution >= 0.6 is 0 Å². The van der Waals surface area contributed by atoms with Crippen molar-refractivity contribution in [3.05, 3.63) is 59.2 Å². The molecule has 2 aromatic rings. The normalized spacial score (nSPS) is 20.2. The monoisotopic (exact) mass is 481 g/mol. The van der Waals surface area contributed by atoms with Gasteiger partial charge in [-0.15, -0.1) is 0 Å². The van der Waals surface area contributed by atoms with Gasteiger partial charge in [-0.25, -0.2) is 13.1 Å². The minimum atomic E-state index is -5.15. The second-order valence-electron chi connectivity index (χ2n) is 7.68. The number of para-hydroxylation sites is 1. The summed E-state index contributed by atoms with van der Waals surface area (Å²) in [7, 11) is -4.69. The van der Waals surface area contributed by atoms with Crippen LogP contribution in [-0.4, -0.2) is 20.6 Å². The van der Waals surface area contributed by atoms with Crippen molar-refractivity contribution in [1.82, 2.24) is 4.72 Å². The Morgan fingerprint density at radius 2 is 1.47 bits per heavy atom. The summed E-state index contributed by atoms with van der Waals surface area (Å²) in [5, 5.41) is 0. The highest BCUT2D eigenvalue weighted by Gasteiger charge is 2.39. The Morgan fingerprint density at radius 3 is 2.03 bits per heavy atom. The van der Waals surface area contributed by atoms with E-state index in [1.54, 1.807) is 31.2 Å². The van der Waals surface area contributed by atoms with E-state index in [0.29, 0.717) is 25.0 Å². The maximum absolute atomic E-state index is 13.1. The van der Waals surface area contributed by atoms with Gasteiger partial charge in [0.25, 0.3) is 0 Å². The van der Waals surface area contributed by atoms with Crippen LogP contribution in [0.3, 0.4) is 0 Å². The Labute approximate surface area is 181 Å². The molecule has 0 bridgehead atoms. The minimum absolute atomic E-state index is 0.107. The standard InChI is InChI=1S/C21H21F6NO3S/c1-13-6-2-4-8-18(13)31-19-9-5-3-7-17(19)28-32(29,30)16-11-14(20(22,23)24)10-15(12-16)21(25,26)27/h2,4,6,8,10-12,17,19,28H,3,5,7,9H2,1H3. The van der Waals surface area contributed by atoms with Crippen molar-refractivity contribution >= 4 is 10.0 Å². The van der Waals surface area contributed by atoms with Crippen LogP contribution in [0.2, 0.25) is 0 Å². The molecule has 0 amide bonds. The van der Waals surface area contributed by atoms with Crippen molar-refractivity contribution in [2.24, 2.45) is 0 Å². The third-order valence-corrected chi connectivity index (χ3v) is 6.72. The maximum atomic E-state index is 13.1. The number of hydrogen-bond donors (Lipinski definition) is 1. The van der Waals surface area contributed by atoms with Gasteiger partial charge in [-0.05, 0) is 56.0 Å². The van der Waals surface area contributed by atoms with Crippen LogP contribution in [0.4, 0.5) is 26.3 Å². The number of rotatable bonds is 5. The Balaban J connectivity index is 1.92. The molecule has 11 heteroatoms. The summed E-state index contributed by atoms with van der Waals surface area (Å²) in [6, 6.07) is 6.55. The van der Waals surface area contributed by atoms with Crippen LogP contribution in [0.15, 0.2) is 47.4 Å². The third kappa shape index (κ3) is 5.74. The van der Waals surface area contributed by atoms with Gasteiger partial charge in [0, 0.05) is 0 Å². The quantitative estimate of drug-likeness (QED) is 0.558. The number of ether oxygens (including phenoxy) is 1. The molecule has 0 spiro atoms. The van der Waals surface area contributed by atoms with E-state index in [4.69, 9.17) is 4.74 Å². The van der Waals surface area contributed by atoms with Crippen LogP contribution in [0.25, 0.3) is 0 Å². The molecular formula is C21H21F6NO3S. The molecule has 0 heterocycles. The van der Waals surface area contributed by atoms with Gasteiger partial charge in [0.05, 0.1) is 22.1 Å². The fraction of sp³-hybridized carbons (Fsp3) is 0.429. The van der Waals surface area contributed by atoms with E-state index < -0.39 is 50.5 Å². The first-order chi connectivity index (χ1) is 14.8. The van der Waals surface area contributed by atoms with Crippen molar-refractivity contribution in [2.75, 3.05) is 0 Å². The molecule has 2 unspecified atom stereocenters. The summed E-state index contributed by atoms with van der Waals surface area (Å²) in [6.45, 7) is 1.80. The molecule has 0 aromatic heterocycles. The van der Waals surface area contributed by atoms with Gasteiger partial charge in [-0.2, -0.15) is 26.3 Å². The van der Waals surface area contributed by atoms with Gasteiger partial charge in [-0.1, -0.05) is 24.6 Å². The van der Waals surface area contributed by atoms with Crippen molar-refractivity contribution in [2.45, 2.75) is 62.0 Å². The molecule has 1 aliphatic rings. The zero-order valence-corrected chi connectivity index (χ0v) is 17.7. The average molecular weight is 481 g/mol.